The Balaban J connectivity index is 1.54. The van der Waals surface area contributed by atoms with Gasteiger partial charge in [-0.2, -0.15) is 0 Å². The number of benzene rings is 1. The molecule has 31 heavy (non-hydrogen) atoms. The minimum absolute atomic E-state index is 0.0916. The highest BCUT2D eigenvalue weighted by Gasteiger charge is 2.47. The van der Waals surface area contributed by atoms with Gasteiger partial charge < -0.3 is 10.2 Å². The van der Waals surface area contributed by atoms with Crippen molar-refractivity contribution in [1.82, 2.24) is 15.2 Å². The third-order valence-electron chi connectivity index (χ3n) is 6.84. The molecule has 2 aromatic rings. The zero-order valence-corrected chi connectivity index (χ0v) is 18.6. The first-order valence-electron chi connectivity index (χ1n) is 11.6. The molecule has 164 valence electrons. The van der Waals surface area contributed by atoms with E-state index in [1.807, 2.05) is 17.0 Å². The molecular formula is C26H33N3O2. The molecule has 1 aromatic carbocycles. The Kier molecular flexibility index (Phi) is 6.40. The predicted molar refractivity (Wildman–Crippen MR) is 122 cm³/mol. The summed E-state index contributed by atoms with van der Waals surface area (Å²) in [4.78, 5) is 32.3. The van der Waals surface area contributed by atoms with Crippen LogP contribution in [0.1, 0.15) is 45.1 Å². The third kappa shape index (κ3) is 4.81. The van der Waals surface area contributed by atoms with Crippen molar-refractivity contribution in [3.63, 3.8) is 0 Å². The smallest absolute Gasteiger partial charge is 0.228 e. The predicted octanol–water partition coefficient (Wildman–Crippen LogP) is 4.08. The Morgan fingerprint density at radius 2 is 1.81 bits per heavy atom. The lowest BCUT2D eigenvalue weighted by molar-refractivity contribution is -0.142. The molecule has 1 aromatic heterocycles. The van der Waals surface area contributed by atoms with Gasteiger partial charge in [-0.05, 0) is 66.8 Å². The molecule has 4 rings (SSSR count). The first-order valence-corrected chi connectivity index (χ1v) is 11.6. The molecule has 5 nitrogen and oxygen atoms in total. The molecule has 2 fully saturated rings. The molecule has 3 unspecified atom stereocenters. The topological polar surface area (TPSA) is 62.3 Å². The van der Waals surface area contributed by atoms with Crippen molar-refractivity contribution in [2.75, 3.05) is 19.6 Å². The fourth-order valence-corrected chi connectivity index (χ4v) is 4.81. The van der Waals surface area contributed by atoms with E-state index in [0.717, 1.165) is 48.9 Å². The van der Waals surface area contributed by atoms with Crippen LogP contribution in [0.4, 0.5) is 0 Å². The van der Waals surface area contributed by atoms with Crippen LogP contribution >= 0.6 is 0 Å². The van der Waals surface area contributed by atoms with E-state index in [0.29, 0.717) is 25.4 Å². The van der Waals surface area contributed by atoms with E-state index in [4.69, 9.17) is 0 Å². The number of nitrogens with zero attached hydrogens (tertiary/aromatic N) is 2. The fourth-order valence-electron chi connectivity index (χ4n) is 4.81. The number of piperidine rings is 1. The summed E-state index contributed by atoms with van der Waals surface area (Å²) < 4.78 is 0. The highest BCUT2D eigenvalue weighted by molar-refractivity contribution is 5.86. The van der Waals surface area contributed by atoms with Crippen molar-refractivity contribution in [3.8, 4) is 11.1 Å². The van der Waals surface area contributed by atoms with Gasteiger partial charge in [0.2, 0.25) is 11.8 Å². The fraction of sp³-hybridized carbons (Fsp3) is 0.500. The number of nitrogens with one attached hydrogen (secondary N) is 1. The average Bonchev–Trinajstić information content (AvgIpc) is 3.54. The maximum Gasteiger partial charge on any atom is 0.228 e. The second kappa shape index (κ2) is 9.21. The Labute approximate surface area is 185 Å². The first-order chi connectivity index (χ1) is 15.0. The molecule has 1 aliphatic heterocycles. The van der Waals surface area contributed by atoms with Gasteiger partial charge in [0.1, 0.15) is 0 Å². The van der Waals surface area contributed by atoms with Gasteiger partial charge >= 0.3 is 0 Å². The van der Waals surface area contributed by atoms with Crippen LogP contribution in [0.2, 0.25) is 0 Å². The molecule has 1 saturated heterocycles. The third-order valence-corrected chi connectivity index (χ3v) is 6.84. The standard InChI is InChI=1S/C26H33N3O2/c1-3-12-28-25(31)26(11-4-15-29(18-26)24(30)23-16-19(23)2)17-20-5-7-21(8-6-20)22-9-13-27-14-10-22/h5-10,13-14,19,23H,3-4,11-12,15-18H2,1-2H3,(H,28,31). The first kappa shape index (κ1) is 21.5. The number of pyridine rings is 1. The monoisotopic (exact) mass is 419 g/mol. The van der Waals surface area contributed by atoms with E-state index in [2.05, 4.69) is 48.4 Å². The molecule has 2 aliphatic rings. The Morgan fingerprint density at radius 3 is 2.45 bits per heavy atom. The highest BCUT2D eigenvalue weighted by atomic mass is 16.2. The van der Waals surface area contributed by atoms with Gasteiger partial charge in [-0.1, -0.05) is 38.1 Å². The molecule has 0 bridgehead atoms. The van der Waals surface area contributed by atoms with Crippen molar-refractivity contribution in [2.45, 2.75) is 46.0 Å². The van der Waals surface area contributed by atoms with Gasteiger partial charge in [-0.25, -0.2) is 0 Å². The van der Waals surface area contributed by atoms with Gasteiger partial charge in [0, 0.05) is 37.9 Å². The highest BCUT2D eigenvalue weighted by Crippen LogP contribution is 2.42. The summed E-state index contributed by atoms with van der Waals surface area (Å²) in [5.41, 5.74) is 2.85. The van der Waals surface area contributed by atoms with Crippen LogP contribution in [-0.2, 0) is 16.0 Å². The van der Waals surface area contributed by atoms with Crippen LogP contribution in [0.15, 0.2) is 48.8 Å². The molecular weight excluding hydrogens is 386 g/mol. The number of aromatic nitrogens is 1. The lowest BCUT2D eigenvalue weighted by Gasteiger charge is -2.42. The molecule has 2 amide bonds. The van der Waals surface area contributed by atoms with Gasteiger partial charge in [-0.15, -0.1) is 0 Å². The second-order valence-corrected chi connectivity index (χ2v) is 9.33. The maximum absolute atomic E-state index is 13.3. The number of carbonyl (C=O) groups is 2. The number of likely N-dealkylation sites (tertiary alicyclic amines) is 1. The number of hydrogen-bond donors (Lipinski definition) is 1. The molecule has 0 spiro atoms. The van der Waals surface area contributed by atoms with Crippen molar-refractivity contribution >= 4 is 11.8 Å². The van der Waals surface area contributed by atoms with Gasteiger partial charge in [-0.3, -0.25) is 14.6 Å². The molecule has 3 atom stereocenters. The van der Waals surface area contributed by atoms with Gasteiger partial charge in [0.15, 0.2) is 0 Å². The van der Waals surface area contributed by atoms with Crippen LogP contribution in [-0.4, -0.2) is 41.3 Å². The van der Waals surface area contributed by atoms with Crippen LogP contribution in [0.25, 0.3) is 11.1 Å². The lowest BCUT2D eigenvalue weighted by atomic mass is 9.74. The summed E-state index contributed by atoms with van der Waals surface area (Å²) in [6, 6.07) is 12.5. The second-order valence-electron chi connectivity index (χ2n) is 9.33. The molecule has 1 aliphatic carbocycles. The van der Waals surface area contributed by atoms with E-state index < -0.39 is 5.41 Å². The Morgan fingerprint density at radius 1 is 1.13 bits per heavy atom. The van der Waals surface area contributed by atoms with E-state index in [-0.39, 0.29) is 17.7 Å². The van der Waals surface area contributed by atoms with E-state index in [9.17, 15) is 9.59 Å². The maximum atomic E-state index is 13.3. The summed E-state index contributed by atoms with van der Waals surface area (Å²) in [5, 5.41) is 3.13. The number of hydrogen-bond acceptors (Lipinski definition) is 3. The minimum Gasteiger partial charge on any atom is -0.356 e. The van der Waals surface area contributed by atoms with Crippen LogP contribution < -0.4 is 5.32 Å². The van der Waals surface area contributed by atoms with Crippen LogP contribution in [0.5, 0.6) is 0 Å². The SMILES string of the molecule is CCCNC(=O)C1(Cc2ccc(-c3ccncc3)cc2)CCCN(C(=O)C2CC2C)C1. The van der Waals surface area contributed by atoms with Crippen molar-refractivity contribution < 1.29 is 9.59 Å². The average molecular weight is 420 g/mol. The largest absolute Gasteiger partial charge is 0.356 e. The van der Waals surface area contributed by atoms with E-state index >= 15 is 0 Å². The lowest BCUT2D eigenvalue weighted by Crippen LogP contribution is -2.55. The van der Waals surface area contributed by atoms with E-state index in [1.165, 1.54) is 0 Å². The Hall–Kier alpha value is -2.69. The molecule has 2 heterocycles. The summed E-state index contributed by atoms with van der Waals surface area (Å²) in [6.45, 7) is 6.17. The normalized spacial score (nSPS) is 25.2. The number of amides is 2. The van der Waals surface area contributed by atoms with Crippen molar-refractivity contribution in [3.05, 3.63) is 54.4 Å². The van der Waals surface area contributed by atoms with Crippen molar-refractivity contribution in [1.29, 1.82) is 0 Å². The number of rotatable bonds is 7. The quantitative estimate of drug-likeness (QED) is 0.735. The van der Waals surface area contributed by atoms with Crippen LogP contribution in [0.3, 0.4) is 0 Å². The number of carbonyl (C=O) groups excluding carboxylic acids is 2. The summed E-state index contributed by atoms with van der Waals surface area (Å²) >= 11 is 0. The Bertz CT molecular complexity index is 912. The van der Waals surface area contributed by atoms with E-state index in [1.54, 1.807) is 12.4 Å². The molecule has 0 radical (unpaired) electrons. The molecule has 5 heteroatoms. The molecule has 1 saturated carbocycles. The zero-order chi connectivity index (χ0) is 21.8. The van der Waals surface area contributed by atoms with Gasteiger partial charge in [0.25, 0.3) is 0 Å². The summed E-state index contributed by atoms with van der Waals surface area (Å²) in [7, 11) is 0. The minimum atomic E-state index is -0.556. The summed E-state index contributed by atoms with van der Waals surface area (Å²) in [5.74, 6) is 0.981. The van der Waals surface area contributed by atoms with Gasteiger partial charge in [0.05, 0.1) is 5.41 Å². The molecule has 1 N–H and O–H groups in total. The zero-order valence-electron chi connectivity index (χ0n) is 18.6. The van der Waals surface area contributed by atoms with Crippen LogP contribution in [0, 0.1) is 17.3 Å². The summed E-state index contributed by atoms with van der Waals surface area (Å²) in [6.07, 6.45) is 7.84. The van der Waals surface area contributed by atoms with Crippen molar-refractivity contribution in [2.24, 2.45) is 17.3 Å².